The zero-order valence-corrected chi connectivity index (χ0v) is 18.0. The third-order valence-electron chi connectivity index (χ3n) is 4.89. The van der Waals surface area contributed by atoms with E-state index in [4.69, 9.17) is 14.2 Å². The van der Waals surface area contributed by atoms with Crippen molar-refractivity contribution in [3.8, 4) is 11.5 Å². The number of ether oxygens (including phenoxy) is 3. The zero-order valence-electron chi connectivity index (χ0n) is 18.0. The van der Waals surface area contributed by atoms with Crippen LogP contribution < -0.4 is 9.47 Å². The van der Waals surface area contributed by atoms with E-state index in [1.807, 2.05) is 0 Å². The van der Waals surface area contributed by atoms with E-state index >= 15 is 0 Å². The van der Waals surface area contributed by atoms with E-state index in [0.717, 1.165) is 9.80 Å². The molecule has 10 nitrogen and oxygen atoms in total. The molecule has 0 saturated carbocycles. The van der Waals surface area contributed by atoms with Crippen LogP contribution in [0.5, 0.6) is 11.5 Å². The number of rotatable bonds is 5. The number of esters is 1. The van der Waals surface area contributed by atoms with Gasteiger partial charge in [0, 0.05) is 19.5 Å². The van der Waals surface area contributed by atoms with E-state index in [0.29, 0.717) is 0 Å². The SMILES string of the molecule is COc1cc(OCC(=O)OC(C)(C)C)c2c(c1)C(=O)N(C1CCC(=O)N(C)C1=O)C2=O. The summed E-state index contributed by atoms with van der Waals surface area (Å²) in [7, 11) is 2.69. The van der Waals surface area contributed by atoms with E-state index in [1.165, 1.54) is 26.3 Å². The summed E-state index contributed by atoms with van der Waals surface area (Å²) < 4.78 is 15.9. The van der Waals surface area contributed by atoms with Gasteiger partial charge in [0.15, 0.2) is 6.61 Å². The molecule has 0 N–H and O–H groups in total. The van der Waals surface area contributed by atoms with Crippen LogP contribution in [0.25, 0.3) is 0 Å². The number of imide groups is 2. The number of carbonyl (C=O) groups excluding carboxylic acids is 5. The number of likely N-dealkylation sites (N-methyl/N-ethyl adjacent to an activating group) is 1. The average Bonchev–Trinajstić information content (AvgIpc) is 2.94. The first-order chi connectivity index (χ1) is 14.4. The van der Waals surface area contributed by atoms with Gasteiger partial charge in [-0.15, -0.1) is 0 Å². The van der Waals surface area contributed by atoms with Crippen LogP contribution in [0.3, 0.4) is 0 Å². The summed E-state index contributed by atoms with van der Waals surface area (Å²) in [6, 6.07) is 1.66. The van der Waals surface area contributed by atoms with Crippen LogP contribution in [-0.4, -0.2) is 71.8 Å². The first-order valence-electron chi connectivity index (χ1n) is 9.69. The summed E-state index contributed by atoms with van der Waals surface area (Å²) in [5.74, 6) is -2.88. The van der Waals surface area contributed by atoms with E-state index in [9.17, 15) is 24.0 Å². The summed E-state index contributed by atoms with van der Waals surface area (Å²) in [4.78, 5) is 64.3. The molecule has 1 atom stereocenters. The number of amides is 4. The second-order valence-electron chi connectivity index (χ2n) is 8.25. The van der Waals surface area contributed by atoms with Crippen molar-refractivity contribution in [2.24, 2.45) is 0 Å². The highest BCUT2D eigenvalue weighted by atomic mass is 16.6. The molecular weight excluding hydrogens is 408 g/mol. The van der Waals surface area contributed by atoms with Gasteiger partial charge in [-0.1, -0.05) is 0 Å². The Morgan fingerprint density at radius 2 is 1.81 bits per heavy atom. The van der Waals surface area contributed by atoms with Crippen molar-refractivity contribution in [3.05, 3.63) is 23.3 Å². The van der Waals surface area contributed by atoms with Gasteiger partial charge in [-0.25, -0.2) is 4.79 Å². The van der Waals surface area contributed by atoms with Gasteiger partial charge in [0.25, 0.3) is 17.7 Å². The molecule has 166 valence electrons. The molecule has 1 aromatic carbocycles. The lowest BCUT2D eigenvalue weighted by Gasteiger charge is -2.32. The summed E-state index contributed by atoms with van der Waals surface area (Å²) in [5.41, 5.74) is -0.790. The molecule has 4 amide bonds. The molecule has 0 bridgehead atoms. The summed E-state index contributed by atoms with van der Waals surface area (Å²) >= 11 is 0. The number of benzene rings is 1. The predicted molar refractivity (Wildman–Crippen MR) is 106 cm³/mol. The lowest BCUT2D eigenvalue weighted by molar-refractivity contribution is -0.157. The van der Waals surface area contributed by atoms with Crippen molar-refractivity contribution in [1.29, 1.82) is 0 Å². The quantitative estimate of drug-likeness (QED) is 0.502. The van der Waals surface area contributed by atoms with Crippen LogP contribution in [0.2, 0.25) is 0 Å². The molecule has 2 aliphatic rings. The molecule has 3 rings (SSSR count). The van der Waals surface area contributed by atoms with E-state index < -0.39 is 41.9 Å². The molecule has 2 aliphatic heterocycles. The highest BCUT2D eigenvalue weighted by Gasteiger charge is 2.47. The maximum atomic E-state index is 13.1. The minimum Gasteiger partial charge on any atom is -0.497 e. The minimum absolute atomic E-state index is 0.00380. The number of methoxy groups -OCH3 is 1. The fourth-order valence-electron chi connectivity index (χ4n) is 3.48. The van der Waals surface area contributed by atoms with Gasteiger partial charge >= 0.3 is 5.97 Å². The van der Waals surface area contributed by atoms with Gasteiger partial charge in [0.05, 0.1) is 18.2 Å². The molecule has 0 spiro atoms. The van der Waals surface area contributed by atoms with E-state index in [2.05, 4.69) is 0 Å². The van der Waals surface area contributed by atoms with Crippen LogP contribution in [0.15, 0.2) is 12.1 Å². The lowest BCUT2D eigenvalue weighted by Crippen LogP contribution is -2.54. The Kier molecular flexibility index (Phi) is 5.75. The largest absolute Gasteiger partial charge is 0.497 e. The van der Waals surface area contributed by atoms with Gasteiger partial charge in [-0.3, -0.25) is 29.0 Å². The molecule has 1 saturated heterocycles. The number of hydrogen-bond donors (Lipinski definition) is 0. The van der Waals surface area contributed by atoms with Crippen LogP contribution in [0.1, 0.15) is 54.3 Å². The first kappa shape index (κ1) is 22.3. The van der Waals surface area contributed by atoms with Crippen LogP contribution in [0, 0.1) is 0 Å². The molecule has 0 aliphatic carbocycles. The summed E-state index contributed by atoms with van der Waals surface area (Å²) in [6.45, 7) is 4.63. The number of carbonyl (C=O) groups is 5. The third-order valence-corrected chi connectivity index (χ3v) is 4.89. The zero-order chi connectivity index (χ0) is 23.1. The molecule has 0 radical (unpaired) electrons. The maximum absolute atomic E-state index is 13.1. The molecule has 2 heterocycles. The van der Waals surface area contributed by atoms with Crippen molar-refractivity contribution in [2.45, 2.75) is 45.3 Å². The van der Waals surface area contributed by atoms with Crippen molar-refractivity contribution in [1.82, 2.24) is 9.80 Å². The Hall–Kier alpha value is -3.43. The van der Waals surface area contributed by atoms with Gasteiger partial charge in [-0.05, 0) is 33.3 Å². The molecule has 0 aromatic heterocycles. The van der Waals surface area contributed by atoms with Crippen molar-refractivity contribution < 1.29 is 38.2 Å². The normalized spacial score (nSPS) is 18.9. The fourth-order valence-corrected chi connectivity index (χ4v) is 3.48. The molecule has 1 aromatic rings. The first-order valence-corrected chi connectivity index (χ1v) is 9.69. The average molecular weight is 432 g/mol. The molecule has 10 heteroatoms. The van der Waals surface area contributed by atoms with E-state index in [-0.39, 0.29) is 41.4 Å². The third kappa shape index (κ3) is 4.23. The van der Waals surface area contributed by atoms with Crippen molar-refractivity contribution >= 4 is 29.6 Å². The Morgan fingerprint density at radius 3 is 2.42 bits per heavy atom. The van der Waals surface area contributed by atoms with Crippen molar-refractivity contribution in [2.75, 3.05) is 20.8 Å². The second-order valence-corrected chi connectivity index (χ2v) is 8.25. The number of fused-ring (bicyclic) bond motifs is 1. The van der Waals surface area contributed by atoms with Gasteiger partial charge < -0.3 is 14.2 Å². The minimum atomic E-state index is -1.10. The molecular formula is C21H24N2O8. The Labute approximate surface area is 179 Å². The highest BCUT2D eigenvalue weighted by molar-refractivity contribution is 6.24. The van der Waals surface area contributed by atoms with Crippen LogP contribution >= 0.6 is 0 Å². The van der Waals surface area contributed by atoms with E-state index in [1.54, 1.807) is 20.8 Å². The smallest absolute Gasteiger partial charge is 0.344 e. The van der Waals surface area contributed by atoms with Gasteiger partial charge in [0.2, 0.25) is 5.91 Å². The number of likely N-dealkylation sites (tertiary alicyclic amines) is 1. The molecule has 1 unspecified atom stereocenters. The number of piperidine rings is 1. The standard InChI is InChI=1S/C21H24N2O8/c1-21(2,3)31-16(25)10-30-14-9-11(29-5)8-12-17(14)20(28)23(18(12)26)13-6-7-15(24)22(4)19(13)27/h8-9,13H,6-7,10H2,1-5H3. The Balaban J connectivity index is 1.92. The van der Waals surface area contributed by atoms with Crippen molar-refractivity contribution in [3.63, 3.8) is 0 Å². The van der Waals surface area contributed by atoms with Crippen LogP contribution in [0.4, 0.5) is 0 Å². The molecule has 1 fully saturated rings. The predicted octanol–water partition coefficient (Wildman–Crippen LogP) is 1.16. The van der Waals surface area contributed by atoms with Crippen LogP contribution in [-0.2, 0) is 19.1 Å². The number of hydrogen-bond acceptors (Lipinski definition) is 8. The summed E-state index contributed by atoms with van der Waals surface area (Å²) in [5, 5.41) is 0. The maximum Gasteiger partial charge on any atom is 0.344 e. The fraction of sp³-hybridized carbons (Fsp3) is 0.476. The van der Waals surface area contributed by atoms with Gasteiger partial charge in [-0.2, -0.15) is 0 Å². The Morgan fingerprint density at radius 1 is 1.13 bits per heavy atom. The molecule has 31 heavy (non-hydrogen) atoms. The topological polar surface area (TPSA) is 120 Å². The number of nitrogens with zero attached hydrogens (tertiary/aromatic N) is 2. The van der Waals surface area contributed by atoms with Gasteiger partial charge in [0.1, 0.15) is 23.1 Å². The Bertz CT molecular complexity index is 978. The summed E-state index contributed by atoms with van der Waals surface area (Å²) in [6.07, 6.45) is 0.0738. The lowest BCUT2D eigenvalue weighted by atomic mass is 10.0. The second kappa shape index (κ2) is 8.01. The highest BCUT2D eigenvalue weighted by Crippen LogP contribution is 2.37. The monoisotopic (exact) mass is 432 g/mol.